The van der Waals surface area contributed by atoms with Gasteiger partial charge in [-0.2, -0.15) is 0 Å². The topological polar surface area (TPSA) is 39.2 Å². The summed E-state index contributed by atoms with van der Waals surface area (Å²) in [6.07, 6.45) is 0. The summed E-state index contributed by atoms with van der Waals surface area (Å²) in [6, 6.07) is 62.0. The maximum absolute atomic E-state index is 6.63. The third kappa shape index (κ3) is 4.36. The fourth-order valence-electron chi connectivity index (χ4n) is 8.16. The van der Waals surface area contributed by atoms with E-state index in [-0.39, 0.29) is 0 Å². The predicted molar refractivity (Wildman–Crippen MR) is 216 cm³/mol. The first kappa shape index (κ1) is 28.8. The van der Waals surface area contributed by atoms with Crippen LogP contribution in [0.25, 0.3) is 110 Å². The maximum Gasteiger partial charge on any atom is 0.136 e. The van der Waals surface area contributed by atoms with Crippen LogP contribution in [0, 0.1) is 0 Å². The fraction of sp³-hybridized carbons (Fsp3) is 0. The summed E-state index contributed by atoms with van der Waals surface area (Å²) in [5.74, 6) is 0. The van der Waals surface area contributed by atoms with E-state index in [1.807, 2.05) is 24.3 Å². The van der Waals surface area contributed by atoms with Crippen molar-refractivity contribution in [2.75, 3.05) is 0 Å². The van der Waals surface area contributed by atoms with E-state index < -0.39 is 0 Å². The second kappa shape index (κ2) is 11.3. The molecule has 0 unspecified atom stereocenters. The first-order valence-corrected chi connectivity index (χ1v) is 17.6. The molecular formula is C49H29NO2. The maximum atomic E-state index is 6.63. The first-order chi connectivity index (χ1) is 25.8. The molecule has 52 heavy (non-hydrogen) atoms. The molecule has 0 aliphatic heterocycles. The van der Waals surface area contributed by atoms with Crippen molar-refractivity contribution in [2.45, 2.75) is 0 Å². The van der Waals surface area contributed by atoms with Gasteiger partial charge in [0.2, 0.25) is 0 Å². The monoisotopic (exact) mass is 663 g/mol. The molecule has 0 saturated heterocycles. The van der Waals surface area contributed by atoms with Gasteiger partial charge in [-0.15, -0.1) is 0 Å². The van der Waals surface area contributed by atoms with Gasteiger partial charge in [0.25, 0.3) is 0 Å². The molecule has 3 heteroatoms. The van der Waals surface area contributed by atoms with Crippen LogP contribution in [-0.4, -0.2) is 4.98 Å². The average molecular weight is 664 g/mol. The minimum Gasteiger partial charge on any atom is -0.456 e. The molecule has 11 aromatic rings. The molecule has 0 radical (unpaired) electrons. The lowest BCUT2D eigenvalue weighted by Gasteiger charge is -2.16. The number of fused-ring (bicyclic) bond motifs is 9. The Morgan fingerprint density at radius 1 is 0.327 bits per heavy atom. The Morgan fingerprint density at radius 2 is 0.885 bits per heavy atom. The van der Waals surface area contributed by atoms with Crippen molar-refractivity contribution >= 4 is 65.6 Å². The fourth-order valence-corrected chi connectivity index (χ4v) is 8.16. The summed E-state index contributed by atoms with van der Waals surface area (Å²) < 4.78 is 12.9. The van der Waals surface area contributed by atoms with Gasteiger partial charge in [-0.3, -0.25) is 0 Å². The summed E-state index contributed by atoms with van der Waals surface area (Å²) in [5.41, 5.74) is 13.4. The number of furan rings is 2. The predicted octanol–water partition coefficient (Wildman–Crippen LogP) is 13.9. The highest BCUT2D eigenvalue weighted by atomic mass is 16.3. The Bertz CT molecular complexity index is 3190. The lowest BCUT2D eigenvalue weighted by molar-refractivity contribution is 0.669. The van der Waals surface area contributed by atoms with Crippen LogP contribution in [0.4, 0.5) is 0 Å². The van der Waals surface area contributed by atoms with Crippen LogP contribution in [0.1, 0.15) is 0 Å². The van der Waals surface area contributed by atoms with Gasteiger partial charge >= 0.3 is 0 Å². The van der Waals surface area contributed by atoms with Gasteiger partial charge in [0.1, 0.15) is 22.3 Å². The highest BCUT2D eigenvalue weighted by Gasteiger charge is 2.22. The largest absolute Gasteiger partial charge is 0.456 e. The highest BCUT2D eigenvalue weighted by molar-refractivity contribution is 6.28. The van der Waals surface area contributed by atoms with Crippen LogP contribution in [0.15, 0.2) is 185 Å². The van der Waals surface area contributed by atoms with Crippen molar-refractivity contribution < 1.29 is 8.83 Å². The van der Waals surface area contributed by atoms with Crippen LogP contribution in [0.2, 0.25) is 0 Å². The van der Waals surface area contributed by atoms with Gasteiger partial charge in [0.15, 0.2) is 0 Å². The van der Waals surface area contributed by atoms with Gasteiger partial charge in [0, 0.05) is 48.8 Å². The quantitative estimate of drug-likeness (QED) is 0.176. The smallest absolute Gasteiger partial charge is 0.136 e. The summed E-state index contributed by atoms with van der Waals surface area (Å²) in [4.78, 5) is 5.26. The summed E-state index contributed by atoms with van der Waals surface area (Å²) in [5, 5.41) is 7.85. The van der Waals surface area contributed by atoms with Crippen molar-refractivity contribution in [1.29, 1.82) is 0 Å². The molecule has 0 spiro atoms. The van der Waals surface area contributed by atoms with E-state index in [2.05, 4.69) is 152 Å². The normalized spacial score (nSPS) is 11.8. The average Bonchev–Trinajstić information content (AvgIpc) is 3.78. The molecule has 242 valence electrons. The van der Waals surface area contributed by atoms with E-state index >= 15 is 0 Å². The number of para-hydroxylation sites is 3. The van der Waals surface area contributed by atoms with Crippen LogP contribution in [-0.2, 0) is 0 Å². The minimum absolute atomic E-state index is 0.853. The van der Waals surface area contributed by atoms with Crippen molar-refractivity contribution in [3.05, 3.63) is 176 Å². The van der Waals surface area contributed by atoms with E-state index in [1.165, 1.54) is 5.39 Å². The summed E-state index contributed by atoms with van der Waals surface area (Å²) in [7, 11) is 0. The Hall–Kier alpha value is -6.97. The van der Waals surface area contributed by atoms with Gasteiger partial charge in [-0.05, 0) is 70.3 Å². The molecule has 0 fully saturated rings. The number of pyridine rings is 1. The van der Waals surface area contributed by atoms with E-state index in [9.17, 15) is 0 Å². The zero-order valence-electron chi connectivity index (χ0n) is 28.0. The number of hydrogen-bond acceptors (Lipinski definition) is 3. The lowest BCUT2D eigenvalue weighted by Crippen LogP contribution is -1.93. The van der Waals surface area contributed by atoms with Gasteiger partial charge in [-0.1, -0.05) is 133 Å². The first-order valence-electron chi connectivity index (χ1n) is 17.6. The second-order valence-electron chi connectivity index (χ2n) is 13.4. The Kier molecular flexibility index (Phi) is 6.25. The number of aromatic nitrogens is 1. The van der Waals surface area contributed by atoms with Gasteiger partial charge < -0.3 is 8.83 Å². The lowest BCUT2D eigenvalue weighted by atomic mass is 9.88. The Morgan fingerprint density at radius 3 is 1.67 bits per heavy atom. The minimum atomic E-state index is 0.853. The van der Waals surface area contributed by atoms with Crippen molar-refractivity contribution in [2.24, 2.45) is 0 Å². The van der Waals surface area contributed by atoms with Crippen LogP contribution in [0.5, 0.6) is 0 Å². The van der Waals surface area contributed by atoms with Crippen LogP contribution >= 0.6 is 0 Å². The van der Waals surface area contributed by atoms with Crippen molar-refractivity contribution in [3.8, 4) is 44.6 Å². The molecule has 0 N–H and O–H groups in total. The number of benzene rings is 8. The van der Waals surface area contributed by atoms with Crippen LogP contribution in [0.3, 0.4) is 0 Å². The Balaban J connectivity index is 1.18. The summed E-state index contributed by atoms with van der Waals surface area (Å²) >= 11 is 0. The molecule has 0 aliphatic rings. The van der Waals surface area contributed by atoms with Gasteiger partial charge in [0.05, 0.1) is 11.2 Å². The molecule has 11 rings (SSSR count). The molecule has 3 aromatic heterocycles. The summed E-state index contributed by atoms with van der Waals surface area (Å²) in [6.45, 7) is 0. The highest BCUT2D eigenvalue weighted by Crippen LogP contribution is 2.47. The molecule has 8 aromatic carbocycles. The molecule has 0 saturated carbocycles. The number of nitrogens with zero attached hydrogens (tertiary/aromatic N) is 1. The molecule has 3 nitrogen and oxygen atoms in total. The van der Waals surface area contributed by atoms with E-state index in [4.69, 9.17) is 13.8 Å². The van der Waals surface area contributed by atoms with Crippen LogP contribution < -0.4 is 0 Å². The van der Waals surface area contributed by atoms with Gasteiger partial charge in [-0.25, -0.2) is 4.98 Å². The van der Waals surface area contributed by atoms with E-state index in [0.717, 1.165) is 105 Å². The Labute approximate surface area is 299 Å². The van der Waals surface area contributed by atoms with E-state index in [1.54, 1.807) is 0 Å². The molecule has 0 bridgehead atoms. The molecule has 3 heterocycles. The number of hydrogen-bond donors (Lipinski definition) is 0. The molecular weight excluding hydrogens is 635 g/mol. The van der Waals surface area contributed by atoms with E-state index in [0.29, 0.717) is 0 Å². The molecule has 0 amide bonds. The zero-order valence-corrected chi connectivity index (χ0v) is 28.0. The molecule has 0 atom stereocenters. The third-order valence-electron chi connectivity index (χ3n) is 10.4. The zero-order chi connectivity index (χ0) is 34.2. The third-order valence-corrected chi connectivity index (χ3v) is 10.4. The standard InChI is InChI=1S/C49H29NO2/c1-2-13-30(14-3-1)49-39-29-44-48(38-21-6-9-25-42(38)52-44)45(47(39)36-19-4-7-23-40(36)50-49)34-18-11-16-32(28-34)31-15-10-17-33(27-31)35-22-12-26-43-46(35)37-20-5-8-24-41(37)51-43/h1-29H. The van der Waals surface area contributed by atoms with Crippen molar-refractivity contribution in [3.63, 3.8) is 0 Å². The SMILES string of the molecule is c1ccc(-c2nc3ccccc3c3c(-c4cccc(-c5cccc(-c6cccc7oc8ccccc8c67)c5)c4)c4c(cc23)oc2ccccc24)cc1. The van der Waals surface area contributed by atoms with Crippen molar-refractivity contribution in [1.82, 2.24) is 4.98 Å². The second-order valence-corrected chi connectivity index (χ2v) is 13.4. The molecule has 0 aliphatic carbocycles. The number of rotatable bonds is 4.